The maximum absolute atomic E-state index is 12.4. The van der Waals surface area contributed by atoms with E-state index in [0.717, 1.165) is 9.87 Å². The standard InChI is InChI=1S/C20H27N3O5S/c1-22(2)29(25,26)17-10-7-9-16(12-17)21-19(24)14-23(3)13-15-8-6-11-18(27-4)20(15)28-5/h6-12H,13-14H2,1-5H3,(H,21,24). The predicted molar refractivity (Wildman–Crippen MR) is 112 cm³/mol. The summed E-state index contributed by atoms with van der Waals surface area (Å²) in [6.07, 6.45) is 0. The first-order chi connectivity index (χ1) is 13.7. The monoisotopic (exact) mass is 421 g/mol. The second-order valence-electron chi connectivity index (χ2n) is 6.69. The Morgan fingerprint density at radius 1 is 1.03 bits per heavy atom. The van der Waals surface area contributed by atoms with Gasteiger partial charge in [-0.15, -0.1) is 0 Å². The number of likely N-dealkylation sites (N-methyl/N-ethyl adjacent to an activating group) is 1. The highest BCUT2D eigenvalue weighted by Gasteiger charge is 2.18. The third kappa shape index (κ3) is 5.69. The molecule has 0 radical (unpaired) electrons. The van der Waals surface area contributed by atoms with E-state index in [4.69, 9.17) is 9.47 Å². The molecule has 0 atom stereocenters. The summed E-state index contributed by atoms with van der Waals surface area (Å²) in [5.74, 6) is 0.999. The fourth-order valence-corrected chi connectivity index (χ4v) is 3.76. The van der Waals surface area contributed by atoms with Crippen molar-refractivity contribution in [1.82, 2.24) is 9.21 Å². The quantitative estimate of drug-likeness (QED) is 0.667. The van der Waals surface area contributed by atoms with Crippen molar-refractivity contribution in [3.63, 3.8) is 0 Å². The van der Waals surface area contributed by atoms with Gasteiger partial charge >= 0.3 is 0 Å². The van der Waals surface area contributed by atoms with Crippen molar-refractivity contribution in [3.05, 3.63) is 48.0 Å². The Morgan fingerprint density at radius 3 is 2.34 bits per heavy atom. The fraction of sp³-hybridized carbons (Fsp3) is 0.350. The lowest BCUT2D eigenvalue weighted by molar-refractivity contribution is -0.117. The number of para-hydroxylation sites is 1. The van der Waals surface area contributed by atoms with Crippen LogP contribution in [0.3, 0.4) is 0 Å². The van der Waals surface area contributed by atoms with Crippen molar-refractivity contribution in [2.75, 3.05) is 47.2 Å². The Hall–Kier alpha value is -2.62. The molecular formula is C20H27N3O5S. The van der Waals surface area contributed by atoms with Crippen molar-refractivity contribution in [2.45, 2.75) is 11.4 Å². The van der Waals surface area contributed by atoms with Crippen LogP contribution in [0.1, 0.15) is 5.56 Å². The molecule has 0 saturated heterocycles. The Labute approximate surface area is 172 Å². The average molecular weight is 422 g/mol. The minimum atomic E-state index is -3.57. The largest absolute Gasteiger partial charge is 0.493 e. The van der Waals surface area contributed by atoms with Crippen LogP contribution in [0.4, 0.5) is 5.69 Å². The molecule has 0 spiro atoms. The van der Waals surface area contributed by atoms with E-state index in [-0.39, 0.29) is 17.3 Å². The van der Waals surface area contributed by atoms with Gasteiger partial charge in [0.2, 0.25) is 15.9 Å². The molecule has 158 valence electrons. The van der Waals surface area contributed by atoms with Crippen LogP contribution >= 0.6 is 0 Å². The molecular weight excluding hydrogens is 394 g/mol. The van der Waals surface area contributed by atoms with E-state index in [2.05, 4.69) is 5.32 Å². The number of carbonyl (C=O) groups excluding carboxylic acids is 1. The van der Waals surface area contributed by atoms with Gasteiger partial charge in [0.05, 0.1) is 25.7 Å². The number of sulfonamides is 1. The summed E-state index contributed by atoms with van der Waals surface area (Å²) in [6.45, 7) is 0.591. The van der Waals surface area contributed by atoms with Crippen molar-refractivity contribution in [1.29, 1.82) is 0 Å². The van der Waals surface area contributed by atoms with Crippen molar-refractivity contribution >= 4 is 21.6 Å². The summed E-state index contributed by atoms with van der Waals surface area (Å²) in [7, 11) is 4.31. The molecule has 0 aliphatic carbocycles. The molecule has 0 aliphatic heterocycles. The minimum absolute atomic E-state index is 0.116. The van der Waals surface area contributed by atoms with Crippen LogP contribution in [0, 0.1) is 0 Å². The zero-order valence-corrected chi connectivity index (χ0v) is 18.1. The number of nitrogens with zero attached hydrogens (tertiary/aromatic N) is 2. The maximum Gasteiger partial charge on any atom is 0.242 e. The first-order valence-electron chi connectivity index (χ1n) is 8.90. The average Bonchev–Trinajstić information content (AvgIpc) is 2.67. The number of carbonyl (C=O) groups is 1. The second-order valence-corrected chi connectivity index (χ2v) is 8.84. The summed E-state index contributed by atoms with van der Waals surface area (Å²) in [5, 5.41) is 2.74. The maximum atomic E-state index is 12.4. The van der Waals surface area contributed by atoms with Gasteiger partial charge in [0, 0.05) is 31.9 Å². The van der Waals surface area contributed by atoms with Gasteiger partial charge in [-0.25, -0.2) is 12.7 Å². The first kappa shape index (κ1) is 22.7. The normalized spacial score (nSPS) is 11.6. The second kappa shape index (κ2) is 9.73. The lowest BCUT2D eigenvalue weighted by atomic mass is 10.1. The van der Waals surface area contributed by atoms with Gasteiger partial charge in [-0.05, 0) is 31.3 Å². The van der Waals surface area contributed by atoms with E-state index in [0.29, 0.717) is 23.7 Å². The summed E-state index contributed by atoms with van der Waals surface area (Å²) < 4.78 is 36.3. The fourth-order valence-electron chi connectivity index (χ4n) is 2.82. The Kier molecular flexibility index (Phi) is 7.60. The van der Waals surface area contributed by atoms with E-state index in [1.165, 1.54) is 26.2 Å². The van der Waals surface area contributed by atoms with Crippen LogP contribution in [-0.2, 0) is 21.4 Å². The van der Waals surface area contributed by atoms with E-state index >= 15 is 0 Å². The van der Waals surface area contributed by atoms with Crippen LogP contribution < -0.4 is 14.8 Å². The van der Waals surface area contributed by atoms with Gasteiger partial charge in [-0.2, -0.15) is 0 Å². The summed E-state index contributed by atoms with van der Waals surface area (Å²) in [6, 6.07) is 11.8. The van der Waals surface area contributed by atoms with E-state index in [9.17, 15) is 13.2 Å². The van der Waals surface area contributed by atoms with Crippen molar-refractivity contribution < 1.29 is 22.7 Å². The number of methoxy groups -OCH3 is 2. The molecule has 0 bridgehead atoms. The summed E-state index contributed by atoms with van der Waals surface area (Å²) in [4.78, 5) is 14.4. The molecule has 0 unspecified atom stereocenters. The van der Waals surface area contributed by atoms with Gasteiger partial charge in [0.15, 0.2) is 11.5 Å². The predicted octanol–water partition coefficient (Wildman–Crippen LogP) is 2.02. The molecule has 2 aromatic carbocycles. The van der Waals surface area contributed by atoms with Gasteiger partial charge in [0.1, 0.15) is 0 Å². The molecule has 8 nitrogen and oxygen atoms in total. The highest BCUT2D eigenvalue weighted by atomic mass is 32.2. The third-order valence-electron chi connectivity index (χ3n) is 4.23. The molecule has 29 heavy (non-hydrogen) atoms. The third-order valence-corrected chi connectivity index (χ3v) is 6.05. The smallest absolute Gasteiger partial charge is 0.242 e. The van der Waals surface area contributed by atoms with Crippen LogP contribution in [0.5, 0.6) is 11.5 Å². The number of nitrogens with one attached hydrogen (secondary N) is 1. The van der Waals surface area contributed by atoms with Crippen LogP contribution in [0.25, 0.3) is 0 Å². The molecule has 2 rings (SSSR count). The Bertz CT molecular complexity index is 960. The van der Waals surface area contributed by atoms with E-state index in [1.807, 2.05) is 30.1 Å². The molecule has 0 aliphatic rings. The molecule has 1 N–H and O–H groups in total. The zero-order chi connectivity index (χ0) is 21.6. The number of hydrogen-bond acceptors (Lipinski definition) is 6. The number of hydrogen-bond donors (Lipinski definition) is 1. The molecule has 0 heterocycles. The lowest BCUT2D eigenvalue weighted by Gasteiger charge is -2.19. The van der Waals surface area contributed by atoms with Crippen LogP contribution in [-0.4, -0.2) is 65.4 Å². The molecule has 0 aromatic heterocycles. The molecule has 9 heteroatoms. The number of amides is 1. The number of anilines is 1. The lowest BCUT2D eigenvalue weighted by Crippen LogP contribution is -2.30. The van der Waals surface area contributed by atoms with Gasteiger partial charge in [-0.3, -0.25) is 9.69 Å². The zero-order valence-electron chi connectivity index (χ0n) is 17.3. The Morgan fingerprint density at radius 2 is 1.72 bits per heavy atom. The first-order valence-corrected chi connectivity index (χ1v) is 10.3. The Balaban J connectivity index is 2.05. The molecule has 2 aromatic rings. The highest BCUT2D eigenvalue weighted by molar-refractivity contribution is 7.89. The minimum Gasteiger partial charge on any atom is -0.493 e. The van der Waals surface area contributed by atoms with E-state index in [1.54, 1.807) is 26.4 Å². The van der Waals surface area contributed by atoms with Gasteiger partial charge in [0.25, 0.3) is 0 Å². The highest BCUT2D eigenvalue weighted by Crippen LogP contribution is 2.31. The summed E-state index contributed by atoms with van der Waals surface area (Å²) >= 11 is 0. The molecule has 1 amide bonds. The molecule has 0 fully saturated rings. The number of rotatable bonds is 9. The van der Waals surface area contributed by atoms with Crippen LogP contribution in [0.15, 0.2) is 47.4 Å². The van der Waals surface area contributed by atoms with Gasteiger partial charge in [-0.1, -0.05) is 18.2 Å². The van der Waals surface area contributed by atoms with Crippen molar-refractivity contribution in [2.24, 2.45) is 0 Å². The topological polar surface area (TPSA) is 88.2 Å². The SMILES string of the molecule is COc1cccc(CN(C)CC(=O)Nc2cccc(S(=O)(=O)N(C)C)c2)c1OC. The molecule has 0 saturated carbocycles. The number of ether oxygens (including phenoxy) is 2. The van der Waals surface area contributed by atoms with Gasteiger partial charge < -0.3 is 14.8 Å². The van der Waals surface area contributed by atoms with E-state index < -0.39 is 10.0 Å². The number of benzene rings is 2. The van der Waals surface area contributed by atoms with Crippen molar-refractivity contribution in [3.8, 4) is 11.5 Å². The summed E-state index contributed by atoms with van der Waals surface area (Å²) in [5.41, 5.74) is 1.31. The van der Waals surface area contributed by atoms with Crippen LogP contribution in [0.2, 0.25) is 0 Å².